The zero-order chi connectivity index (χ0) is 20.2. The van der Waals surface area contributed by atoms with E-state index >= 15 is 0 Å². The van der Waals surface area contributed by atoms with Crippen molar-refractivity contribution in [3.63, 3.8) is 0 Å². The predicted octanol–water partition coefficient (Wildman–Crippen LogP) is 4.60. The zero-order valence-electron chi connectivity index (χ0n) is 18.0. The molecule has 0 bridgehead atoms. The SMILES string of the molecule is CCCCN(CCCC)C(=O)c1ccc(N)c(NCCCN2CCCCC2)c1. The van der Waals surface area contributed by atoms with Crippen molar-refractivity contribution in [1.82, 2.24) is 9.80 Å². The van der Waals surface area contributed by atoms with Gasteiger partial charge in [-0.05, 0) is 69.9 Å². The Bertz CT molecular complexity index is 576. The third-order valence-electron chi connectivity index (χ3n) is 5.57. The number of nitrogens with two attached hydrogens (primary N) is 1. The van der Waals surface area contributed by atoms with Gasteiger partial charge in [-0.1, -0.05) is 33.1 Å². The summed E-state index contributed by atoms with van der Waals surface area (Å²) in [6, 6.07) is 5.66. The largest absolute Gasteiger partial charge is 0.397 e. The van der Waals surface area contributed by atoms with Gasteiger partial charge in [-0.25, -0.2) is 0 Å². The van der Waals surface area contributed by atoms with E-state index in [2.05, 4.69) is 24.1 Å². The second kappa shape index (κ2) is 12.7. The number of piperidine rings is 1. The highest BCUT2D eigenvalue weighted by atomic mass is 16.2. The Morgan fingerprint density at radius 2 is 1.75 bits per heavy atom. The van der Waals surface area contributed by atoms with Crippen LogP contribution in [0.2, 0.25) is 0 Å². The highest BCUT2D eigenvalue weighted by Crippen LogP contribution is 2.21. The average Bonchev–Trinajstić information content (AvgIpc) is 2.73. The lowest BCUT2D eigenvalue weighted by Crippen LogP contribution is -2.33. The maximum atomic E-state index is 13.0. The minimum Gasteiger partial charge on any atom is -0.397 e. The van der Waals surface area contributed by atoms with Crippen molar-refractivity contribution in [3.8, 4) is 0 Å². The molecular weight excluding hydrogens is 348 g/mol. The summed E-state index contributed by atoms with van der Waals surface area (Å²) in [5.41, 5.74) is 8.49. The van der Waals surface area contributed by atoms with Crippen molar-refractivity contribution in [3.05, 3.63) is 23.8 Å². The first-order valence-corrected chi connectivity index (χ1v) is 11.3. The maximum Gasteiger partial charge on any atom is 0.253 e. The van der Waals surface area contributed by atoms with Gasteiger partial charge in [-0.2, -0.15) is 0 Å². The molecule has 0 saturated carbocycles. The quantitative estimate of drug-likeness (QED) is 0.406. The number of hydrogen-bond donors (Lipinski definition) is 2. The Morgan fingerprint density at radius 1 is 1.07 bits per heavy atom. The fourth-order valence-electron chi connectivity index (χ4n) is 3.75. The first-order valence-electron chi connectivity index (χ1n) is 11.3. The fourth-order valence-corrected chi connectivity index (χ4v) is 3.75. The molecule has 5 nitrogen and oxygen atoms in total. The number of likely N-dealkylation sites (tertiary alicyclic amines) is 1. The molecule has 158 valence electrons. The van der Waals surface area contributed by atoms with Crippen molar-refractivity contribution in [2.24, 2.45) is 0 Å². The van der Waals surface area contributed by atoms with Crippen molar-refractivity contribution in [2.75, 3.05) is 50.3 Å². The smallest absolute Gasteiger partial charge is 0.253 e. The topological polar surface area (TPSA) is 61.6 Å². The third-order valence-corrected chi connectivity index (χ3v) is 5.57. The van der Waals surface area contributed by atoms with Gasteiger partial charge in [-0.15, -0.1) is 0 Å². The molecular formula is C23H40N4O. The second-order valence-electron chi connectivity index (χ2n) is 7.98. The lowest BCUT2D eigenvalue weighted by atomic mass is 10.1. The normalized spacial score (nSPS) is 14.8. The summed E-state index contributed by atoms with van der Waals surface area (Å²) >= 11 is 0. The average molecular weight is 389 g/mol. The number of unbranched alkanes of at least 4 members (excludes halogenated alkanes) is 2. The molecule has 1 heterocycles. The van der Waals surface area contributed by atoms with Crippen LogP contribution in [0.25, 0.3) is 0 Å². The van der Waals surface area contributed by atoms with Crippen LogP contribution < -0.4 is 11.1 Å². The van der Waals surface area contributed by atoms with Gasteiger partial charge in [0.15, 0.2) is 0 Å². The molecule has 1 aromatic carbocycles. The van der Waals surface area contributed by atoms with E-state index in [9.17, 15) is 4.79 Å². The van der Waals surface area contributed by atoms with Crippen molar-refractivity contribution < 1.29 is 4.79 Å². The highest BCUT2D eigenvalue weighted by Gasteiger charge is 2.16. The van der Waals surface area contributed by atoms with Crippen LogP contribution in [0.15, 0.2) is 18.2 Å². The highest BCUT2D eigenvalue weighted by molar-refractivity contribution is 5.96. The number of amides is 1. The first-order chi connectivity index (χ1) is 13.7. The second-order valence-corrected chi connectivity index (χ2v) is 7.98. The Balaban J connectivity index is 1.91. The summed E-state index contributed by atoms with van der Waals surface area (Å²) in [6.45, 7) is 10.5. The molecule has 1 aromatic rings. The molecule has 2 rings (SSSR count). The molecule has 0 atom stereocenters. The van der Waals surface area contributed by atoms with E-state index in [1.807, 2.05) is 23.1 Å². The van der Waals surface area contributed by atoms with Gasteiger partial charge < -0.3 is 20.9 Å². The standard InChI is InChI=1S/C23H40N4O/c1-3-5-17-27(18-6-4-2)23(28)20-11-12-21(24)22(19-20)25-13-10-16-26-14-8-7-9-15-26/h11-12,19,25H,3-10,13-18,24H2,1-2H3. The van der Waals surface area contributed by atoms with E-state index in [4.69, 9.17) is 5.73 Å². The minimum atomic E-state index is 0.123. The lowest BCUT2D eigenvalue weighted by Gasteiger charge is -2.26. The summed E-state index contributed by atoms with van der Waals surface area (Å²) in [6.07, 6.45) is 9.42. The van der Waals surface area contributed by atoms with Gasteiger partial charge in [0, 0.05) is 25.2 Å². The molecule has 1 aliphatic rings. The van der Waals surface area contributed by atoms with E-state index < -0.39 is 0 Å². The zero-order valence-corrected chi connectivity index (χ0v) is 18.0. The molecule has 0 spiro atoms. The van der Waals surface area contributed by atoms with Gasteiger partial charge in [0.1, 0.15) is 0 Å². The molecule has 1 fully saturated rings. The van der Waals surface area contributed by atoms with E-state index in [1.54, 1.807) is 0 Å². The molecule has 0 unspecified atom stereocenters. The molecule has 28 heavy (non-hydrogen) atoms. The Labute approximate surface area is 171 Å². The summed E-state index contributed by atoms with van der Waals surface area (Å²) in [4.78, 5) is 17.6. The number of hydrogen-bond acceptors (Lipinski definition) is 4. The van der Waals surface area contributed by atoms with Crippen LogP contribution in [0.1, 0.15) is 75.6 Å². The van der Waals surface area contributed by atoms with Gasteiger partial charge >= 0.3 is 0 Å². The summed E-state index contributed by atoms with van der Waals surface area (Å²) < 4.78 is 0. The van der Waals surface area contributed by atoms with Gasteiger partial charge in [0.2, 0.25) is 0 Å². The summed E-state index contributed by atoms with van der Waals surface area (Å²) in [7, 11) is 0. The molecule has 3 N–H and O–H groups in total. The van der Waals surface area contributed by atoms with E-state index in [1.165, 1.54) is 32.4 Å². The van der Waals surface area contributed by atoms with Gasteiger partial charge in [0.25, 0.3) is 5.91 Å². The van der Waals surface area contributed by atoms with E-state index in [0.29, 0.717) is 5.69 Å². The Morgan fingerprint density at radius 3 is 2.39 bits per heavy atom. The number of nitrogen functional groups attached to an aromatic ring is 1. The number of carbonyl (C=O) groups is 1. The molecule has 1 aliphatic heterocycles. The van der Waals surface area contributed by atoms with Crippen molar-refractivity contribution in [2.45, 2.75) is 65.2 Å². The van der Waals surface area contributed by atoms with Crippen LogP contribution in [0.4, 0.5) is 11.4 Å². The van der Waals surface area contributed by atoms with Crippen LogP contribution >= 0.6 is 0 Å². The molecule has 5 heteroatoms. The van der Waals surface area contributed by atoms with Crippen LogP contribution in [0.5, 0.6) is 0 Å². The predicted molar refractivity (Wildman–Crippen MR) is 120 cm³/mol. The monoisotopic (exact) mass is 388 g/mol. The molecule has 0 aliphatic carbocycles. The molecule has 1 amide bonds. The van der Waals surface area contributed by atoms with Gasteiger partial charge in [-0.3, -0.25) is 4.79 Å². The van der Waals surface area contributed by atoms with E-state index in [0.717, 1.165) is 69.5 Å². The number of rotatable bonds is 12. The summed E-state index contributed by atoms with van der Waals surface area (Å²) in [5.74, 6) is 0.123. The first kappa shape index (κ1) is 22.5. The van der Waals surface area contributed by atoms with Crippen LogP contribution in [0.3, 0.4) is 0 Å². The minimum absolute atomic E-state index is 0.123. The fraction of sp³-hybridized carbons (Fsp3) is 0.696. The van der Waals surface area contributed by atoms with Crippen LogP contribution in [-0.4, -0.2) is 55.0 Å². The molecule has 0 radical (unpaired) electrons. The maximum absolute atomic E-state index is 13.0. The lowest BCUT2D eigenvalue weighted by molar-refractivity contribution is 0.0751. The molecule has 0 aromatic heterocycles. The Kier molecular flexibility index (Phi) is 10.2. The summed E-state index contributed by atoms with van der Waals surface area (Å²) in [5, 5.41) is 3.45. The van der Waals surface area contributed by atoms with Crippen molar-refractivity contribution >= 4 is 17.3 Å². The number of nitrogens with zero attached hydrogens (tertiary/aromatic N) is 2. The van der Waals surface area contributed by atoms with Crippen molar-refractivity contribution in [1.29, 1.82) is 0 Å². The number of anilines is 2. The van der Waals surface area contributed by atoms with Crippen LogP contribution in [0, 0.1) is 0 Å². The number of benzene rings is 1. The Hall–Kier alpha value is -1.75. The van der Waals surface area contributed by atoms with E-state index in [-0.39, 0.29) is 5.91 Å². The molecule has 1 saturated heterocycles. The van der Waals surface area contributed by atoms with Gasteiger partial charge in [0.05, 0.1) is 11.4 Å². The number of nitrogens with one attached hydrogen (secondary N) is 1. The number of carbonyl (C=O) groups excluding carboxylic acids is 1. The third kappa shape index (κ3) is 7.34. The van der Waals surface area contributed by atoms with Crippen LogP contribution in [-0.2, 0) is 0 Å².